The van der Waals surface area contributed by atoms with E-state index in [4.69, 9.17) is 4.42 Å². The van der Waals surface area contributed by atoms with Gasteiger partial charge in [0.25, 0.3) is 0 Å². The molecule has 118 valence electrons. The minimum absolute atomic E-state index is 0.0826. The Morgan fingerprint density at radius 3 is 2.57 bits per heavy atom. The van der Waals surface area contributed by atoms with Crippen LogP contribution in [0.3, 0.4) is 0 Å². The number of anilines is 1. The highest BCUT2D eigenvalue weighted by Gasteiger charge is 2.14. The number of rotatable bonds is 3. The fourth-order valence-electron chi connectivity index (χ4n) is 2.59. The molecule has 23 heavy (non-hydrogen) atoms. The van der Waals surface area contributed by atoms with Crippen molar-refractivity contribution in [3.05, 3.63) is 61.6 Å². The van der Waals surface area contributed by atoms with E-state index in [0.717, 1.165) is 20.4 Å². The molecule has 0 saturated heterocycles. The smallest absolute Gasteiger partial charge is 0.408 e. The Balaban J connectivity index is 1.88. The Labute approximate surface area is 146 Å². The molecule has 0 aliphatic carbocycles. The van der Waals surface area contributed by atoms with Crippen LogP contribution in [-0.2, 0) is 11.3 Å². The van der Waals surface area contributed by atoms with Crippen LogP contribution >= 0.6 is 22.6 Å². The lowest BCUT2D eigenvalue weighted by Gasteiger charge is -2.12. The molecule has 0 aliphatic rings. The van der Waals surface area contributed by atoms with Gasteiger partial charge in [-0.25, -0.2) is 4.79 Å². The Bertz CT molecular complexity index is 933. The van der Waals surface area contributed by atoms with Crippen molar-refractivity contribution in [3.63, 3.8) is 0 Å². The predicted octanol–water partition coefficient (Wildman–Crippen LogP) is 3.45. The molecule has 1 aromatic heterocycles. The zero-order valence-electron chi connectivity index (χ0n) is 12.7. The van der Waals surface area contributed by atoms with E-state index in [0.29, 0.717) is 11.1 Å². The second-order valence-electron chi connectivity index (χ2n) is 5.38. The Kier molecular flexibility index (Phi) is 4.25. The first kappa shape index (κ1) is 15.8. The van der Waals surface area contributed by atoms with Gasteiger partial charge in [-0.1, -0.05) is 12.1 Å². The van der Waals surface area contributed by atoms with Crippen LogP contribution in [0.15, 0.2) is 45.6 Å². The number of aryl methyl sites for hydroxylation is 2. The first-order chi connectivity index (χ1) is 11.0. The van der Waals surface area contributed by atoms with Crippen molar-refractivity contribution in [1.82, 2.24) is 4.57 Å². The summed E-state index contributed by atoms with van der Waals surface area (Å²) >= 11 is 2.24. The Morgan fingerprint density at radius 1 is 1.22 bits per heavy atom. The summed E-state index contributed by atoms with van der Waals surface area (Å²) in [5, 5.41) is 2.89. The molecule has 0 unspecified atom stereocenters. The quantitative estimate of drug-likeness (QED) is 0.658. The van der Waals surface area contributed by atoms with E-state index in [9.17, 15) is 9.59 Å². The van der Waals surface area contributed by atoms with Gasteiger partial charge in [0.15, 0.2) is 5.58 Å². The third-order valence-corrected chi connectivity index (χ3v) is 4.26. The molecule has 1 N–H and O–H groups in total. The molecule has 0 aliphatic heterocycles. The summed E-state index contributed by atoms with van der Waals surface area (Å²) in [5.74, 6) is -0.788. The lowest BCUT2D eigenvalue weighted by molar-refractivity contribution is -0.116. The van der Waals surface area contributed by atoms with Crippen LogP contribution in [0.4, 0.5) is 5.69 Å². The molecule has 3 aromatic rings. The molecular weight excluding hydrogens is 407 g/mol. The summed E-state index contributed by atoms with van der Waals surface area (Å²) in [6.07, 6.45) is 0. The van der Waals surface area contributed by atoms with Crippen LogP contribution in [0, 0.1) is 17.4 Å². The van der Waals surface area contributed by atoms with Crippen molar-refractivity contribution >= 4 is 45.3 Å². The number of para-hydroxylation sites is 2. The zero-order valence-corrected chi connectivity index (χ0v) is 14.9. The second kappa shape index (κ2) is 6.19. The molecule has 0 spiro atoms. The van der Waals surface area contributed by atoms with Crippen molar-refractivity contribution in [1.29, 1.82) is 0 Å². The van der Waals surface area contributed by atoms with Gasteiger partial charge in [0.05, 0.1) is 5.52 Å². The van der Waals surface area contributed by atoms with Crippen LogP contribution in [0.25, 0.3) is 11.1 Å². The highest BCUT2D eigenvalue weighted by atomic mass is 127. The topological polar surface area (TPSA) is 64.2 Å². The first-order valence-electron chi connectivity index (χ1n) is 7.10. The van der Waals surface area contributed by atoms with E-state index in [1.165, 1.54) is 4.57 Å². The number of hydrogen-bond donors (Lipinski definition) is 1. The first-order valence-corrected chi connectivity index (χ1v) is 8.18. The fraction of sp³-hybridized carbons (Fsp3) is 0.176. The molecule has 1 amide bonds. The standard InChI is InChI=1S/C17H15IN2O3/c1-10-7-12(18)8-11(2)16(10)19-15(21)9-20-13-5-3-4-6-14(13)23-17(20)22/h3-8H,9H2,1-2H3,(H,19,21). The third kappa shape index (κ3) is 3.17. The molecule has 0 saturated carbocycles. The minimum atomic E-state index is -0.530. The zero-order chi connectivity index (χ0) is 16.6. The molecule has 6 heteroatoms. The van der Waals surface area contributed by atoms with Gasteiger partial charge in [-0.3, -0.25) is 9.36 Å². The van der Waals surface area contributed by atoms with E-state index in [1.54, 1.807) is 24.3 Å². The number of aromatic nitrogens is 1. The summed E-state index contributed by atoms with van der Waals surface area (Å²) in [6, 6.07) is 11.1. The number of nitrogens with one attached hydrogen (secondary N) is 1. The molecule has 2 aromatic carbocycles. The third-order valence-electron chi connectivity index (χ3n) is 3.64. The fourth-order valence-corrected chi connectivity index (χ4v) is 3.53. The van der Waals surface area contributed by atoms with Gasteiger partial charge in [0.2, 0.25) is 5.91 Å². The lowest BCUT2D eigenvalue weighted by atomic mass is 10.1. The Hall–Kier alpha value is -2.09. The molecule has 0 atom stereocenters. The van der Waals surface area contributed by atoms with Crippen LogP contribution in [0.5, 0.6) is 0 Å². The van der Waals surface area contributed by atoms with Crippen LogP contribution in [0.2, 0.25) is 0 Å². The SMILES string of the molecule is Cc1cc(I)cc(C)c1NC(=O)Cn1c(=O)oc2ccccc21. The van der Waals surface area contributed by atoms with Gasteiger partial charge in [-0.15, -0.1) is 0 Å². The van der Waals surface area contributed by atoms with Crippen molar-refractivity contribution in [2.75, 3.05) is 5.32 Å². The van der Waals surface area contributed by atoms with E-state index in [-0.39, 0.29) is 12.5 Å². The number of amides is 1. The van der Waals surface area contributed by atoms with Gasteiger partial charge in [0, 0.05) is 9.26 Å². The monoisotopic (exact) mass is 422 g/mol. The maximum atomic E-state index is 12.4. The number of halogens is 1. The van der Waals surface area contributed by atoms with Gasteiger partial charge in [-0.05, 0) is 71.8 Å². The van der Waals surface area contributed by atoms with Crippen molar-refractivity contribution in [3.8, 4) is 0 Å². The molecular formula is C17H15IN2O3. The number of carbonyl (C=O) groups is 1. The van der Waals surface area contributed by atoms with Gasteiger partial charge >= 0.3 is 5.76 Å². The maximum Gasteiger partial charge on any atom is 0.420 e. The second-order valence-corrected chi connectivity index (χ2v) is 6.63. The van der Waals surface area contributed by atoms with Gasteiger partial charge < -0.3 is 9.73 Å². The predicted molar refractivity (Wildman–Crippen MR) is 97.7 cm³/mol. The summed E-state index contributed by atoms with van der Waals surface area (Å²) in [7, 11) is 0. The summed E-state index contributed by atoms with van der Waals surface area (Å²) in [5.41, 5.74) is 3.87. The number of fused-ring (bicyclic) bond motifs is 1. The summed E-state index contributed by atoms with van der Waals surface area (Å²) < 4.78 is 7.59. The summed E-state index contributed by atoms with van der Waals surface area (Å²) in [6.45, 7) is 3.81. The molecule has 3 rings (SSSR count). The average Bonchev–Trinajstić information content (AvgIpc) is 2.79. The highest BCUT2D eigenvalue weighted by Crippen LogP contribution is 2.23. The minimum Gasteiger partial charge on any atom is -0.408 e. The lowest BCUT2D eigenvalue weighted by Crippen LogP contribution is -2.25. The highest BCUT2D eigenvalue weighted by molar-refractivity contribution is 14.1. The van der Waals surface area contributed by atoms with E-state index >= 15 is 0 Å². The van der Waals surface area contributed by atoms with Gasteiger partial charge in [-0.2, -0.15) is 0 Å². The average molecular weight is 422 g/mol. The van der Waals surface area contributed by atoms with Crippen LogP contribution < -0.4 is 11.1 Å². The van der Waals surface area contributed by atoms with Crippen molar-refractivity contribution in [2.45, 2.75) is 20.4 Å². The van der Waals surface area contributed by atoms with Crippen LogP contribution in [0.1, 0.15) is 11.1 Å². The van der Waals surface area contributed by atoms with E-state index in [2.05, 4.69) is 27.9 Å². The largest absolute Gasteiger partial charge is 0.420 e. The number of oxazole rings is 1. The number of nitrogens with zero attached hydrogens (tertiary/aromatic N) is 1. The van der Waals surface area contributed by atoms with Gasteiger partial charge in [0.1, 0.15) is 6.54 Å². The molecule has 0 fully saturated rings. The van der Waals surface area contributed by atoms with Crippen molar-refractivity contribution < 1.29 is 9.21 Å². The molecule has 0 bridgehead atoms. The van der Waals surface area contributed by atoms with E-state index in [1.807, 2.05) is 26.0 Å². The normalized spacial score (nSPS) is 10.9. The van der Waals surface area contributed by atoms with E-state index < -0.39 is 5.76 Å². The number of benzene rings is 2. The van der Waals surface area contributed by atoms with Crippen molar-refractivity contribution in [2.24, 2.45) is 0 Å². The number of carbonyl (C=O) groups excluding carboxylic acids is 1. The summed E-state index contributed by atoms with van der Waals surface area (Å²) in [4.78, 5) is 24.3. The maximum absolute atomic E-state index is 12.4. The molecule has 1 heterocycles. The van der Waals surface area contributed by atoms with Crippen LogP contribution in [-0.4, -0.2) is 10.5 Å². The molecule has 0 radical (unpaired) electrons. The number of hydrogen-bond acceptors (Lipinski definition) is 3. The Morgan fingerprint density at radius 2 is 1.87 bits per heavy atom. The molecule has 5 nitrogen and oxygen atoms in total.